The second-order valence-electron chi connectivity index (χ2n) is 2.80. The first-order valence-electron chi connectivity index (χ1n) is 4.27. The van der Waals surface area contributed by atoms with E-state index in [0.717, 1.165) is 6.07 Å². The Morgan fingerprint density at radius 2 is 2.06 bits per heavy atom. The number of ether oxygens (including phenoxy) is 1. The van der Waals surface area contributed by atoms with Crippen LogP contribution < -0.4 is 0 Å². The van der Waals surface area contributed by atoms with Gasteiger partial charge in [-0.2, -0.15) is 8.42 Å². The lowest BCUT2D eigenvalue weighted by Gasteiger charge is -2.05. The van der Waals surface area contributed by atoms with E-state index in [1.165, 1.54) is 6.92 Å². The van der Waals surface area contributed by atoms with Crippen molar-refractivity contribution in [1.82, 2.24) is 0 Å². The van der Waals surface area contributed by atoms with Gasteiger partial charge < -0.3 is 4.74 Å². The number of rotatable bonds is 3. The fourth-order valence-electron chi connectivity index (χ4n) is 1.08. The van der Waals surface area contributed by atoms with Crippen molar-refractivity contribution in [2.24, 2.45) is 0 Å². The molecule has 1 rings (SSSR count). The number of hydrogen-bond donors (Lipinski definition) is 0. The lowest BCUT2D eigenvalue weighted by molar-refractivity contribution is 0.0521. The summed E-state index contributed by atoms with van der Waals surface area (Å²) in [6, 6.07) is 2.04. The van der Waals surface area contributed by atoms with E-state index in [0.29, 0.717) is 12.1 Å². The SMILES string of the molecule is CCOC(=O)c1cc(F)ccc1S(=O)(=O)F. The van der Waals surface area contributed by atoms with Crippen LogP contribution in [-0.2, 0) is 15.0 Å². The molecule has 88 valence electrons. The number of hydrogen-bond acceptors (Lipinski definition) is 4. The van der Waals surface area contributed by atoms with Crippen molar-refractivity contribution >= 4 is 16.2 Å². The molecule has 0 radical (unpaired) electrons. The third kappa shape index (κ3) is 2.75. The van der Waals surface area contributed by atoms with E-state index in [2.05, 4.69) is 4.74 Å². The molecular weight excluding hydrogens is 242 g/mol. The van der Waals surface area contributed by atoms with Crippen LogP contribution in [0, 0.1) is 5.82 Å². The van der Waals surface area contributed by atoms with E-state index in [-0.39, 0.29) is 6.61 Å². The summed E-state index contributed by atoms with van der Waals surface area (Å²) in [5.74, 6) is -1.94. The van der Waals surface area contributed by atoms with Gasteiger partial charge in [0.05, 0.1) is 12.2 Å². The van der Waals surface area contributed by atoms with Gasteiger partial charge in [0.15, 0.2) is 0 Å². The maximum Gasteiger partial charge on any atom is 0.339 e. The summed E-state index contributed by atoms with van der Waals surface area (Å²) in [5, 5.41) is 0. The van der Waals surface area contributed by atoms with Crippen molar-refractivity contribution < 1.29 is 26.2 Å². The molecule has 0 amide bonds. The van der Waals surface area contributed by atoms with Crippen molar-refractivity contribution in [2.45, 2.75) is 11.8 Å². The number of halogens is 2. The summed E-state index contributed by atoms with van der Waals surface area (Å²) in [6.45, 7) is 1.46. The molecule has 0 atom stereocenters. The summed E-state index contributed by atoms with van der Waals surface area (Å²) in [6.07, 6.45) is 0. The summed E-state index contributed by atoms with van der Waals surface area (Å²) in [7, 11) is -5.08. The van der Waals surface area contributed by atoms with Crippen molar-refractivity contribution in [1.29, 1.82) is 0 Å². The average molecular weight is 250 g/mol. The average Bonchev–Trinajstić information content (AvgIpc) is 2.16. The van der Waals surface area contributed by atoms with Crippen LogP contribution in [0.4, 0.5) is 8.28 Å². The molecular formula is C9H8F2O4S. The van der Waals surface area contributed by atoms with Crippen LogP contribution in [-0.4, -0.2) is 21.0 Å². The summed E-state index contributed by atoms with van der Waals surface area (Å²) < 4.78 is 51.4. The van der Waals surface area contributed by atoms with Gasteiger partial charge in [0.25, 0.3) is 0 Å². The lowest BCUT2D eigenvalue weighted by atomic mass is 10.2. The second-order valence-corrected chi connectivity index (χ2v) is 4.11. The Labute approximate surface area is 91.1 Å². The normalized spacial score (nSPS) is 11.2. The minimum atomic E-state index is -5.08. The van der Waals surface area contributed by atoms with Crippen LogP contribution in [0.2, 0.25) is 0 Å². The van der Waals surface area contributed by atoms with Gasteiger partial charge in [-0.1, -0.05) is 0 Å². The summed E-state index contributed by atoms with van der Waals surface area (Å²) in [4.78, 5) is 10.3. The van der Waals surface area contributed by atoms with Gasteiger partial charge in [-0.3, -0.25) is 0 Å². The highest BCUT2D eigenvalue weighted by molar-refractivity contribution is 7.86. The Hall–Kier alpha value is -1.50. The van der Waals surface area contributed by atoms with Crippen LogP contribution in [0.25, 0.3) is 0 Å². The van der Waals surface area contributed by atoms with Crippen LogP contribution in [0.5, 0.6) is 0 Å². The molecule has 1 aromatic carbocycles. The van der Waals surface area contributed by atoms with Crippen LogP contribution in [0.3, 0.4) is 0 Å². The predicted octanol–water partition coefficient (Wildman–Crippen LogP) is 1.66. The van der Waals surface area contributed by atoms with Gasteiger partial charge in [-0.25, -0.2) is 9.18 Å². The third-order valence-corrected chi connectivity index (χ3v) is 2.58. The first kappa shape index (κ1) is 12.6. The molecule has 16 heavy (non-hydrogen) atoms. The zero-order valence-electron chi connectivity index (χ0n) is 8.24. The quantitative estimate of drug-likeness (QED) is 0.604. The molecule has 0 unspecified atom stereocenters. The first-order chi connectivity index (χ1) is 7.36. The number of benzene rings is 1. The fraction of sp³-hybridized carbons (Fsp3) is 0.222. The van der Waals surface area contributed by atoms with E-state index < -0.39 is 32.5 Å². The van der Waals surface area contributed by atoms with Crippen molar-refractivity contribution in [2.75, 3.05) is 6.61 Å². The zero-order chi connectivity index (χ0) is 12.3. The molecule has 0 heterocycles. The first-order valence-corrected chi connectivity index (χ1v) is 5.66. The molecule has 0 aliphatic carbocycles. The molecule has 0 saturated carbocycles. The van der Waals surface area contributed by atoms with Crippen LogP contribution in [0.15, 0.2) is 23.1 Å². The summed E-state index contributed by atoms with van der Waals surface area (Å²) >= 11 is 0. The molecule has 0 fully saturated rings. The lowest BCUT2D eigenvalue weighted by Crippen LogP contribution is -2.10. The topological polar surface area (TPSA) is 60.4 Å². The van der Waals surface area contributed by atoms with Crippen molar-refractivity contribution in [3.63, 3.8) is 0 Å². The highest BCUT2D eigenvalue weighted by atomic mass is 32.3. The maximum atomic E-state index is 12.8. The number of esters is 1. The van der Waals surface area contributed by atoms with Gasteiger partial charge in [0.1, 0.15) is 10.7 Å². The van der Waals surface area contributed by atoms with Crippen LogP contribution >= 0.6 is 0 Å². The Morgan fingerprint density at radius 3 is 2.56 bits per heavy atom. The number of carbonyl (C=O) groups excluding carboxylic acids is 1. The van der Waals surface area contributed by atoms with E-state index in [4.69, 9.17) is 0 Å². The molecule has 0 aromatic heterocycles. The zero-order valence-corrected chi connectivity index (χ0v) is 9.05. The van der Waals surface area contributed by atoms with Gasteiger partial charge in [-0.05, 0) is 25.1 Å². The molecule has 0 spiro atoms. The van der Waals surface area contributed by atoms with Gasteiger partial charge >= 0.3 is 16.2 Å². The third-order valence-electron chi connectivity index (χ3n) is 1.70. The van der Waals surface area contributed by atoms with E-state index >= 15 is 0 Å². The highest BCUT2D eigenvalue weighted by Gasteiger charge is 2.23. The maximum absolute atomic E-state index is 12.8. The molecule has 4 nitrogen and oxygen atoms in total. The molecule has 0 aliphatic heterocycles. The monoisotopic (exact) mass is 250 g/mol. The Balaban J connectivity index is 3.35. The standard InChI is InChI=1S/C9H8F2O4S/c1-2-15-9(12)7-5-6(10)3-4-8(7)16(11,13)14/h3-5H,2H2,1H3. The van der Waals surface area contributed by atoms with Crippen molar-refractivity contribution in [3.8, 4) is 0 Å². The van der Waals surface area contributed by atoms with E-state index in [9.17, 15) is 21.5 Å². The van der Waals surface area contributed by atoms with Crippen molar-refractivity contribution in [3.05, 3.63) is 29.6 Å². The molecule has 1 aromatic rings. The predicted molar refractivity (Wildman–Crippen MR) is 50.7 cm³/mol. The van der Waals surface area contributed by atoms with Gasteiger partial charge in [-0.15, -0.1) is 3.89 Å². The van der Waals surface area contributed by atoms with Gasteiger partial charge in [0, 0.05) is 0 Å². The van der Waals surface area contributed by atoms with Gasteiger partial charge in [0.2, 0.25) is 0 Å². The Morgan fingerprint density at radius 1 is 1.44 bits per heavy atom. The fourth-order valence-corrected chi connectivity index (χ4v) is 1.72. The molecule has 0 bridgehead atoms. The van der Waals surface area contributed by atoms with Crippen LogP contribution in [0.1, 0.15) is 17.3 Å². The summed E-state index contributed by atoms with van der Waals surface area (Å²) in [5.41, 5.74) is -0.649. The van der Waals surface area contributed by atoms with E-state index in [1.54, 1.807) is 0 Å². The molecule has 0 N–H and O–H groups in total. The minimum Gasteiger partial charge on any atom is -0.462 e. The molecule has 0 aliphatic rings. The van der Waals surface area contributed by atoms with E-state index in [1.807, 2.05) is 0 Å². The highest BCUT2D eigenvalue weighted by Crippen LogP contribution is 2.20. The number of carbonyl (C=O) groups is 1. The second kappa shape index (κ2) is 4.56. The molecule has 7 heteroatoms. The largest absolute Gasteiger partial charge is 0.462 e. The minimum absolute atomic E-state index is 0.0267. The molecule has 0 saturated heterocycles. The Kier molecular flexibility index (Phi) is 3.58. The smallest absolute Gasteiger partial charge is 0.339 e. The Bertz CT molecular complexity index is 510.